The van der Waals surface area contributed by atoms with Crippen molar-refractivity contribution in [1.82, 2.24) is 20.9 Å². The number of carboxylic acid groups (broad SMARTS) is 1. The van der Waals surface area contributed by atoms with Gasteiger partial charge in [-0.05, 0) is 50.8 Å². The summed E-state index contributed by atoms with van der Waals surface area (Å²) in [5.74, 6) is -4.35. The van der Waals surface area contributed by atoms with Crippen LogP contribution in [0.5, 0.6) is 0 Å². The number of benzene rings is 1. The number of aliphatic hydroxyl groups is 1. The summed E-state index contributed by atoms with van der Waals surface area (Å²) in [5, 5.41) is 27.6. The van der Waals surface area contributed by atoms with E-state index in [-0.39, 0.29) is 25.7 Å². The lowest BCUT2D eigenvalue weighted by atomic mass is 10.0. The van der Waals surface area contributed by atoms with Gasteiger partial charge in [-0.25, -0.2) is 4.79 Å². The Morgan fingerprint density at radius 3 is 2.17 bits per heavy atom. The summed E-state index contributed by atoms with van der Waals surface area (Å²) in [6.07, 6.45) is 1.23. The van der Waals surface area contributed by atoms with E-state index in [1.165, 1.54) is 6.92 Å². The molecule has 2 aromatic rings. The lowest BCUT2D eigenvalue weighted by molar-refractivity contribution is -0.142. The minimum atomic E-state index is -1.42. The van der Waals surface area contributed by atoms with Gasteiger partial charge in [0, 0.05) is 29.9 Å². The standard InChI is InChI=1S/C26H39N7O7/c1-14(34)22(29)25(38)31-18(8-4-5-11-27)23(36)33-20(12-15-13-30-17-7-3-2-6-16(15)17)24(37)32-19(26(39)40)9-10-21(28)35/h2-3,6-7,13-14,18-20,22,30,34H,4-5,8-12,27,29H2,1H3,(H2,28,35)(H,31,38)(H,32,37)(H,33,36)(H,39,40). The van der Waals surface area contributed by atoms with Crippen LogP contribution in [0, 0.1) is 0 Å². The van der Waals surface area contributed by atoms with Crippen molar-refractivity contribution in [2.45, 2.75) is 75.7 Å². The third-order valence-electron chi connectivity index (χ3n) is 6.43. The molecule has 4 amide bonds. The molecule has 14 nitrogen and oxygen atoms in total. The van der Waals surface area contributed by atoms with Crippen molar-refractivity contribution >= 4 is 40.5 Å². The topological polar surface area (TPSA) is 256 Å². The zero-order valence-corrected chi connectivity index (χ0v) is 22.4. The molecule has 0 aliphatic heterocycles. The van der Waals surface area contributed by atoms with Crippen LogP contribution in [0.3, 0.4) is 0 Å². The van der Waals surface area contributed by atoms with Crippen LogP contribution in [-0.2, 0) is 30.4 Å². The molecule has 0 saturated carbocycles. The maximum absolute atomic E-state index is 13.4. The molecular formula is C26H39N7O7. The Bertz CT molecular complexity index is 1180. The zero-order valence-electron chi connectivity index (χ0n) is 22.4. The fraction of sp³-hybridized carbons (Fsp3) is 0.500. The quantitative estimate of drug-likeness (QED) is 0.100. The fourth-order valence-electron chi connectivity index (χ4n) is 4.07. The van der Waals surface area contributed by atoms with Crippen LogP contribution < -0.4 is 33.2 Å². The Labute approximate surface area is 231 Å². The molecule has 0 spiro atoms. The summed E-state index contributed by atoms with van der Waals surface area (Å²) < 4.78 is 0. The second-order valence-corrected chi connectivity index (χ2v) is 9.64. The maximum Gasteiger partial charge on any atom is 0.326 e. The number of carbonyl (C=O) groups is 5. The summed E-state index contributed by atoms with van der Waals surface area (Å²) in [4.78, 5) is 65.2. The minimum absolute atomic E-state index is 0.0135. The summed E-state index contributed by atoms with van der Waals surface area (Å²) >= 11 is 0. The number of carbonyl (C=O) groups excluding carboxylic acids is 4. The van der Waals surface area contributed by atoms with Gasteiger partial charge < -0.3 is 48.3 Å². The van der Waals surface area contributed by atoms with E-state index in [2.05, 4.69) is 20.9 Å². The third kappa shape index (κ3) is 9.63. The maximum atomic E-state index is 13.4. The van der Waals surface area contributed by atoms with Gasteiger partial charge in [0.15, 0.2) is 0 Å². The van der Waals surface area contributed by atoms with Crippen molar-refractivity contribution in [2.75, 3.05) is 6.54 Å². The number of aliphatic hydroxyl groups excluding tert-OH is 1. The van der Waals surface area contributed by atoms with Crippen LogP contribution in [0.2, 0.25) is 0 Å². The Kier molecular flexibility index (Phi) is 12.5. The second kappa shape index (κ2) is 15.5. The molecule has 2 rings (SSSR count). The summed E-state index contributed by atoms with van der Waals surface area (Å²) in [6.45, 7) is 1.70. The average Bonchev–Trinajstić information content (AvgIpc) is 3.31. The van der Waals surface area contributed by atoms with Gasteiger partial charge in [-0.1, -0.05) is 18.2 Å². The number of unbranched alkanes of at least 4 members (excludes halogenated alkanes) is 1. The molecule has 0 saturated heterocycles. The van der Waals surface area contributed by atoms with Gasteiger partial charge in [0.1, 0.15) is 24.2 Å². The third-order valence-corrected chi connectivity index (χ3v) is 6.43. The van der Waals surface area contributed by atoms with Crippen LogP contribution in [0.1, 0.15) is 44.6 Å². The summed E-state index contributed by atoms with van der Waals surface area (Å²) in [5.41, 5.74) is 17.9. The smallest absolute Gasteiger partial charge is 0.326 e. The lowest BCUT2D eigenvalue weighted by Gasteiger charge is -2.25. The van der Waals surface area contributed by atoms with E-state index < -0.39 is 59.9 Å². The molecular weight excluding hydrogens is 522 g/mol. The van der Waals surface area contributed by atoms with Crippen molar-refractivity contribution in [3.63, 3.8) is 0 Å². The van der Waals surface area contributed by atoms with Gasteiger partial charge in [-0.15, -0.1) is 0 Å². The number of rotatable bonds is 17. The Hall–Kier alpha value is -4.01. The van der Waals surface area contributed by atoms with Crippen LogP contribution in [0.25, 0.3) is 10.9 Å². The Balaban J connectivity index is 2.32. The van der Waals surface area contributed by atoms with Gasteiger partial charge >= 0.3 is 5.97 Å². The monoisotopic (exact) mass is 561 g/mol. The first-order valence-electron chi connectivity index (χ1n) is 13.1. The van der Waals surface area contributed by atoms with Crippen LogP contribution in [0.4, 0.5) is 0 Å². The predicted octanol–water partition coefficient (Wildman–Crippen LogP) is -1.65. The SMILES string of the molecule is CC(O)C(N)C(=O)NC(CCCCN)C(=O)NC(Cc1c[nH]c2ccccc12)C(=O)NC(CCC(N)=O)C(=O)O. The first-order chi connectivity index (χ1) is 18.9. The molecule has 40 heavy (non-hydrogen) atoms. The largest absolute Gasteiger partial charge is 0.480 e. The number of carboxylic acids is 1. The van der Waals surface area contributed by atoms with Gasteiger partial charge in [0.25, 0.3) is 0 Å². The number of hydrogen-bond donors (Lipinski definition) is 9. The average molecular weight is 562 g/mol. The molecule has 0 aliphatic carbocycles. The minimum Gasteiger partial charge on any atom is -0.480 e. The number of amides is 4. The van der Waals surface area contributed by atoms with Crippen LogP contribution in [0.15, 0.2) is 30.5 Å². The lowest BCUT2D eigenvalue weighted by Crippen LogP contribution is -2.58. The highest BCUT2D eigenvalue weighted by molar-refractivity contribution is 5.95. The number of fused-ring (bicyclic) bond motifs is 1. The molecule has 1 aromatic carbocycles. The first-order valence-corrected chi connectivity index (χ1v) is 13.1. The van der Waals surface area contributed by atoms with E-state index in [9.17, 15) is 34.2 Å². The number of aromatic nitrogens is 1. The number of primary amides is 1. The second-order valence-electron chi connectivity index (χ2n) is 9.64. The van der Waals surface area contributed by atoms with Crippen molar-refractivity contribution in [2.24, 2.45) is 17.2 Å². The Morgan fingerprint density at radius 1 is 0.925 bits per heavy atom. The summed E-state index contributed by atoms with van der Waals surface area (Å²) in [6, 6.07) is 2.25. The number of nitrogens with one attached hydrogen (secondary N) is 4. The number of hydrogen-bond acceptors (Lipinski definition) is 8. The molecule has 0 fully saturated rings. The molecule has 12 N–H and O–H groups in total. The van der Waals surface area contributed by atoms with E-state index in [1.54, 1.807) is 6.20 Å². The number of H-pyrrole nitrogens is 1. The number of aliphatic carboxylic acids is 1. The van der Waals surface area contributed by atoms with Crippen molar-refractivity contribution < 1.29 is 34.2 Å². The highest BCUT2D eigenvalue weighted by Gasteiger charge is 2.31. The van der Waals surface area contributed by atoms with Gasteiger partial charge in [0.2, 0.25) is 23.6 Å². The molecule has 1 aromatic heterocycles. The number of nitrogens with two attached hydrogens (primary N) is 3. The molecule has 0 aliphatic rings. The molecule has 5 atom stereocenters. The van der Waals surface area contributed by atoms with E-state index in [0.29, 0.717) is 24.9 Å². The van der Waals surface area contributed by atoms with Crippen molar-refractivity contribution in [1.29, 1.82) is 0 Å². The molecule has 14 heteroatoms. The van der Waals surface area contributed by atoms with Crippen LogP contribution >= 0.6 is 0 Å². The molecule has 1 heterocycles. The van der Waals surface area contributed by atoms with Gasteiger partial charge in [0.05, 0.1) is 6.10 Å². The molecule has 0 bridgehead atoms. The van der Waals surface area contributed by atoms with Gasteiger partial charge in [-0.3, -0.25) is 19.2 Å². The first kappa shape index (κ1) is 32.2. The molecule has 220 valence electrons. The predicted molar refractivity (Wildman–Crippen MR) is 146 cm³/mol. The zero-order chi connectivity index (χ0) is 29.8. The number of para-hydroxylation sites is 1. The normalized spacial score (nSPS) is 14.9. The fourth-order valence-corrected chi connectivity index (χ4v) is 4.07. The van der Waals surface area contributed by atoms with Crippen molar-refractivity contribution in [3.8, 4) is 0 Å². The van der Waals surface area contributed by atoms with Crippen molar-refractivity contribution in [3.05, 3.63) is 36.0 Å². The van der Waals surface area contributed by atoms with Crippen LogP contribution in [-0.4, -0.2) is 81.6 Å². The molecule has 5 unspecified atom stereocenters. The number of aromatic amines is 1. The highest BCUT2D eigenvalue weighted by Crippen LogP contribution is 2.19. The Morgan fingerprint density at radius 2 is 1.55 bits per heavy atom. The van der Waals surface area contributed by atoms with Gasteiger partial charge in [-0.2, -0.15) is 0 Å². The highest BCUT2D eigenvalue weighted by atomic mass is 16.4. The summed E-state index contributed by atoms with van der Waals surface area (Å²) in [7, 11) is 0. The molecule has 0 radical (unpaired) electrons. The van der Waals surface area contributed by atoms with E-state index in [4.69, 9.17) is 17.2 Å². The van der Waals surface area contributed by atoms with E-state index in [0.717, 1.165) is 10.9 Å². The van der Waals surface area contributed by atoms with E-state index >= 15 is 0 Å². The van der Waals surface area contributed by atoms with E-state index in [1.807, 2.05) is 24.3 Å².